The minimum atomic E-state index is -0.580. The van der Waals surface area contributed by atoms with E-state index in [-0.39, 0.29) is 16.3 Å². The lowest BCUT2D eigenvalue weighted by Crippen LogP contribution is -2.06. The Balaban J connectivity index is 2.26. The molecule has 0 saturated heterocycles. The van der Waals surface area contributed by atoms with Crippen LogP contribution in [0.1, 0.15) is 34.8 Å². The van der Waals surface area contributed by atoms with Crippen LogP contribution < -0.4 is 5.73 Å². The number of anilines is 1. The van der Waals surface area contributed by atoms with Gasteiger partial charge in [-0.05, 0) is 18.9 Å². The predicted molar refractivity (Wildman–Crippen MR) is 66.7 cm³/mol. The number of nitrogens with two attached hydrogens (primary N) is 1. The van der Waals surface area contributed by atoms with Crippen molar-refractivity contribution in [1.29, 1.82) is 0 Å². The second-order valence-electron chi connectivity index (χ2n) is 4.37. The molecule has 3 rings (SSSR count). The summed E-state index contributed by atoms with van der Waals surface area (Å²) in [7, 11) is 1.28. The number of hydrogen-bond donors (Lipinski definition) is 1. The molecule has 1 aromatic carbocycles. The summed E-state index contributed by atoms with van der Waals surface area (Å²) in [6.07, 6.45) is 2.19. The first-order valence-corrected chi connectivity index (χ1v) is 5.96. The molecule has 6 heteroatoms. The first-order chi connectivity index (χ1) is 8.63. The van der Waals surface area contributed by atoms with Gasteiger partial charge in [0, 0.05) is 17.0 Å². The van der Waals surface area contributed by atoms with Crippen LogP contribution in [-0.4, -0.2) is 18.2 Å². The molecule has 0 atom stereocenters. The molecule has 1 fully saturated rings. The molecule has 2 aromatic rings. The van der Waals surface area contributed by atoms with E-state index < -0.39 is 5.97 Å². The molecule has 2 N–H and O–H groups in total. The number of esters is 1. The van der Waals surface area contributed by atoms with E-state index in [1.165, 1.54) is 7.11 Å². The van der Waals surface area contributed by atoms with Gasteiger partial charge in [0.05, 0.1) is 12.8 Å². The number of methoxy groups -OCH3 is 1. The Bertz CT molecular complexity index is 646. The largest absolute Gasteiger partial charge is 0.465 e. The summed E-state index contributed by atoms with van der Waals surface area (Å²) in [5.41, 5.74) is 7.54. The number of benzene rings is 1. The summed E-state index contributed by atoms with van der Waals surface area (Å²) < 4.78 is 9.87. The molecule has 1 aromatic heterocycles. The van der Waals surface area contributed by atoms with E-state index in [1.807, 2.05) is 0 Å². The number of carbonyl (C=O) groups is 1. The number of carbonyl (C=O) groups excluding carboxylic acids is 1. The number of hydrogen-bond acceptors (Lipinski definition) is 5. The average molecular weight is 267 g/mol. The molecule has 0 amide bonds. The number of ether oxygens (including phenoxy) is 1. The smallest absolute Gasteiger partial charge is 0.341 e. The Hall–Kier alpha value is -1.75. The average Bonchev–Trinajstić information content (AvgIpc) is 3.10. The fourth-order valence-electron chi connectivity index (χ4n) is 2.04. The highest BCUT2D eigenvalue weighted by molar-refractivity contribution is 6.38. The Morgan fingerprint density at radius 3 is 2.94 bits per heavy atom. The van der Waals surface area contributed by atoms with E-state index in [1.54, 1.807) is 6.07 Å². The van der Waals surface area contributed by atoms with Crippen molar-refractivity contribution in [2.45, 2.75) is 18.8 Å². The van der Waals surface area contributed by atoms with E-state index in [0.717, 1.165) is 23.9 Å². The zero-order valence-corrected chi connectivity index (χ0v) is 10.5. The summed E-state index contributed by atoms with van der Waals surface area (Å²) in [6.45, 7) is 0. The summed E-state index contributed by atoms with van der Waals surface area (Å²) in [4.78, 5) is 11.6. The van der Waals surface area contributed by atoms with Gasteiger partial charge in [-0.2, -0.15) is 0 Å². The van der Waals surface area contributed by atoms with E-state index in [2.05, 4.69) is 9.89 Å². The highest BCUT2D eigenvalue weighted by Crippen LogP contribution is 2.44. The van der Waals surface area contributed by atoms with Crippen molar-refractivity contribution in [3.63, 3.8) is 0 Å². The number of nitrogens with zero attached hydrogens (tertiary/aromatic N) is 1. The van der Waals surface area contributed by atoms with Crippen molar-refractivity contribution in [2.75, 3.05) is 12.8 Å². The second kappa shape index (κ2) is 3.88. The van der Waals surface area contributed by atoms with Gasteiger partial charge in [-0.25, -0.2) is 4.79 Å². The molecule has 1 aliphatic carbocycles. The van der Waals surface area contributed by atoms with Crippen molar-refractivity contribution >= 4 is 34.2 Å². The lowest BCUT2D eigenvalue weighted by molar-refractivity contribution is 0.0602. The lowest BCUT2D eigenvalue weighted by atomic mass is 10.1. The molecule has 1 heterocycles. The van der Waals surface area contributed by atoms with Crippen LogP contribution in [0.4, 0.5) is 5.69 Å². The SMILES string of the molecule is COC(=O)c1c(N)cc2c(C3CC3)noc2c1Cl. The fourth-order valence-corrected chi connectivity index (χ4v) is 2.36. The third kappa shape index (κ3) is 1.54. The second-order valence-corrected chi connectivity index (χ2v) is 4.74. The number of fused-ring (bicyclic) bond motifs is 1. The third-order valence-electron chi connectivity index (χ3n) is 3.12. The Labute approximate surface area is 108 Å². The molecule has 1 aliphatic rings. The first kappa shape index (κ1) is 11.3. The molecule has 0 spiro atoms. The molecule has 18 heavy (non-hydrogen) atoms. The predicted octanol–water partition coefficient (Wildman–Crippen LogP) is 2.73. The van der Waals surface area contributed by atoms with Gasteiger partial charge < -0.3 is 15.0 Å². The van der Waals surface area contributed by atoms with Crippen molar-refractivity contribution in [3.8, 4) is 0 Å². The minimum absolute atomic E-state index is 0.130. The van der Waals surface area contributed by atoms with Crippen LogP contribution in [0.2, 0.25) is 5.02 Å². The van der Waals surface area contributed by atoms with Gasteiger partial charge in [0.15, 0.2) is 5.58 Å². The highest BCUT2D eigenvalue weighted by Gasteiger charge is 2.31. The maximum Gasteiger partial charge on any atom is 0.341 e. The number of rotatable bonds is 2. The van der Waals surface area contributed by atoms with Gasteiger partial charge in [-0.3, -0.25) is 0 Å². The summed E-state index contributed by atoms with van der Waals surface area (Å²) >= 11 is 6.14. The van der Waals surface area contributed by atoms with Crippen molar-refractivity contribution in [2.24, 2.45) is 0 Å². The Kier molecular flexibility index (Phi) is 2.45. The van der Waals surface area contributed by atoms with Gasteiger partial charge in [0.2, 0.25) is 0 Å². The molecule has 1 saturated carbocycles. The standard InChI is InChI=1S/C12H11ClN2O3/c1-17-12(16)8-7(14)4-6-10(5-2-3-5)15-18-11(6)9(8)13/h4-5H,2-3,14H2,1H3. The third-order valence-corrected chi connectivity index (χ3v) is 3.48. The molecule has 0 bridgehead atoms. The maximum atomic E-state index is 11.6. The van der Waals surface area contributed by atoms with Crippen molar-refractivity contribution < 1.29 is 14.1 Å². The quantitative estimate of drug-likeness (QED) is 0.668. The topological polar surface area (TPSA) is 78.4 Å². The number of aromatic nitrogens is 1. The van der Waals surface area contributed by atoms with Crippen LogP contribution in [0.25, 0.3) is 11.0 Å². The first-order valence-electron chi connectivity index (χ1n) is 5.59. The normalized spacial score (nSPS) is 15.0. The zero-order valence-electron chi connectivity index (χ0n) is 9.70. The van der Waals surface area contributed by atoms with Gasteiger partial charge in [-0.1, -0.05) is 16.8 Å². The molecular weight excluding hydrogens is 256 g/mol. The molecule has 94 valence electrons. The molecular formula is C12H11ClN2O3. The van der Waals surface area contributed by atoms with Crippen LogP contribution in [0, 0.1) is 0 Å². The van der Waals surface area contributed by atoms with Crippen molar-refractivity contribution in [3.05, 3.63) is 22.3 Å². The van der Waals surface area contributed by atoms with Crippen LogP contribution in [0.5, 0.6) is 0 Å². The van der Waals surface area contributed by atoms with Crippen molar-refractivity contribution in [1.82, 2.24) is 5.16 Å². The Morgan fingerprint density at radius 1 is 1.61 bits per heavy atom. The van der Waals surface area contributed by atoms with E-state index in [4.69, 9.17) is 21.9 Å². The molecule has 0 unspecified atom stereocenters. The maximum absolute atomic E-state index is 11.6. The van der Waals surface area contributed by atoms with Gasteiger partial charge >= 0.3 is 5.97 Å². The highest BCUT2D eigenvalue weighted by atomic mass is 35.5. The van der Waals surface area contributed by atoms with Crippen LogP contribution in [-0.2, 0) is 4.74 Å². The van der Waals surface area contributed by atoms with Gasteiger partial charge in [0.25, 0.3) is 0 Å². The minimum Gasteiger partial charge on any atom is -0.465 e. The monoisotopic (exact) mass is 266 g/mol. The molecule has 5 nitrogen and oxygen atoms in total. The number of nitrogen functional groups attached to an aromatic ring is 1. The van der Waals surface area contributed by atoms with Gasteiger partial charge in [-0.15, -0.1) is 0 Å². The Morgan fingerprint density at radius 2 is 2.33 bits per heavy atom. The molecule has 0 aliphatic heterocycles. The summed E-state index contributed by atoms with van der Waals surface area (Å²) in [5, 5.41) is 4.97. The van der Waals surface area contributed by atoms with E-state index in [0.29, 0.717) is 11.5 Å². The van der Waals surface area contributed by atoms with Gasteiger partial charge in [0.1, 0.15) is 10.6 Å². The lowest BCUT2D eigenvalue weighted by Gasteiger charge is -2.06. The van der Waals surface area contributed by atoms with E-state index in [9.17, 15) is 4.79 Å². The molecule has 0 radical (unpaired) electrons. The zero-order chi connectivity index (χ0) is 12.9. The van der Waals surface area contributed by atoms with Crippen LogP contribution in [0.15, 0.2) is 10.6 Å². The van der Waals surface area contributed by atoms with Crippen LogP contribution >= 0.6 is 11.6 Å². The summed E-state index contributed by atoms with van der Waals surface area (Å²) in [5.74, 6) is -0.158. The number of halogens is 1. The van der Waals surface area contributed by atoms with E-state index >= 15 is 0 Å². The fraction of sp³-hybridized carbons (Fsp3) is 0.333. The van der Waals surface area contributed by atoms with Crippen LogP contribution in [0.3, 0.4) is 0 Å². The summed E-state index contributed by atoms with van der Waals surface area (Å²) in [6, 6.07) is 1.68.